The maximum atomic E-state index is 12.1. The topological polar surface area (TPSA) is 61.4 Å². The number of carbonyl (C=O) groups is 2. The van der Waals surface area contributed by atoms with Gasteiger partial charge in [-0.25, -0.2) is 0 Å². The van der Waals surface area contributed by atoms with Crippen LogP contribution in [0.15, 0.2) is 0 Å². The molecule has 0 spiro atoms. The predicted octanol–water partition coefficient (Wildman–Crippen LogP) is -0.570. The summed E-state index contributed by atoms with van der Waals surface area (Å²) >= 11 is 1.88. The van der Waals surface area contributed by atoms with Crippen LogP contribution in [0.1, 0.15) is 12.8 Å². The summed E-state index contributed by atoms with van der Waals surface area (Å²) < 4.78 is 0. The van der Waals surface area contributed by atoms with Gasteiger partial charge in [-0.3, -0.25) is 9.59 Å². The first-order valence-corrected chi connectivity index (χ1v) is 7.27. The van der Waals surface area contributed by atoms with Crippen LogP contribution in [-0.4, -0.2) is 60.4 Å². The van der Waals surface area contributed by atoms with Gasteiger partial charge in [0.15, 0.2) is 0 Å². The molecule has 2 amide bonds. The number of carbonyl (C=O) groups excluding carboxylic acids is 2. The Labute approximate surface area is 106 Å². The van der Waals surface area contributed by atoms with Gasteiger partial charge < -0.3 is 15.5 Å². The fourth-order valence-electron chi connectivity index (χ4n) is 2.11. The van der Waals surface area contributed by atoms with Gasteiger partial charge in [0.1, 0.15) is 0 Å². The van der Waals surface area contributed by atoms with Crippen molar-refractivity contribution in [2.45, 2.75) is 18.9 Å². The Morgan fingerprint density at radius 3 is 3.12 bits per heavy atom. The van der Waals surface area contributed by atoms with Crippen LogP contribution in [0, 0.1) is 0 Å². The van der Waals surface area contributed by atoms with Gasteiger partial charge in [0.05, 0.1) is 6.54 Å². The lowest BCUT2D eigenvalue weighted by Gasteiger charge is -2.26. The molecule has 6 heteroatoms. The molecule has 1 atom stereocenters. The van der Waals surface area contributed by atoms with E-state index in [4.69, 9.17) is 0 Å². The molecular formula is C11H19N3O2S. The zero-order valence-electron chi connectivity index (χ0n) is 9.91. The molecule has 17 heavy (non-hydrogen) atoms. The van der Waals surface area contributed by atoms with E-state index in [1.54, 1.807) is 4.90 Å². The SMILES string of the molecule is O=C1CN(C(=O)CC2CSCCN2)CCCN1. The van der Waals surface area contributed by atoms with Crippen molar-refractivity contribution < 1.29 is 9.59 Å². The van der Waals surface area contributed by atoms with E-state index in [1.807, 2.05) is 11.8 Å². The van der Waals surface area contributed by atoms with E-state index < -0.39 is 0 Å². The molecule has 0 saturated carbocycles. The molecule has 2 heterocycles. The van der Waals surface area contributed by atoms with E-state index in [9.17, 15) is 9.59 Å². The molecule has 5 nitrogen and oxygen atoms in total. The molecule has 2 fully saturated rings. The summed E-state index contributed by atoms with van der Waals surface area (Å²) in [5, 5.41) is 6.13. The minimum Gasteiger partial charge on any atom is -0.354 e. The molecule has 0 radical (unpaired) electrons. The highest BCUT2D eigenvalue weighted by atomic mass is 32.2. The van der Waals surface area contributed by atoms with Gasteiger partial charge in [0.25, 0.3) is 0 Å². The molecule has 0 aromatic rings. The maximum absolute atomic E-state index is 12.1. The molecule has 2 N–H and O–H groups in total. The van der Waals surface area contributed by atoms with E-state index in [-0.39, 0.29) is 24.4 Å². The van der Waals surface area contributed by atoms with Crippen LogP contribution < -0.4 is 10.6 Å². The molecule has 2 aliphatic rings. The molecule has 0 aliphatic carbocycles. The molecule has 0 aromatic carbocycles. The lowest BCUT2D eigenvalue weighted by Crippen LogP contribution is -2.44. The summed E-state index contributed by atoms with van der Waals surface area (Å²) in [6.07, 6.45) is 1.37. The van der Waals surface area contributed by atoms with Gasteiger partial charge in [0.2, 0.25) is 11.8 Å². The van der Waals surface area contributed by atoms with Gasteiger partial charge in [-0.2, -0.15) is 11.8 Å². The smallest absolute Gasteiger partial charge is 0.239 e. The standard InChI is InChI=1S/C11H19N3O2S/c15-10-7-14(4-1-2-13-10)11(16)6-9-8-17-5-3-12-9/h9,12H,1-8H2,(H,13,15). The second kappa shape index (κ2) is 6.26. The quantitative estimate of drug-likeness (QED) is 0.695. The van der Waals surface area contributed by atoms with Crippen LogP contribution in [0.2, 0.25) is 0 Å². The second-order valence-corrected chi connectivity index (χ2v) is 5.60. The summed E-state index contributed by atoms with van der Waals surface area (Å²) in [6.45, 7) is 2.57. The van der Waals surface area contributed by atoms with Gasteiger partial charge in [0, 0.05) is 43.6 Å². The number of hydrogen-bond donors (Lipinski definition) is 2. The summed E-state index contributed by atoms with van der Waals surface area (Å²) in [6, 6.07) is 0.271. The number of thioether (sulfide) groups is 1. The molecule has 0 aromatic heterocycles. The van der Waals surface area contributed by atoms with E-state index >= 15 is 0 Å². The van der Waals surface area contributed by atoms with Gasteiger partial charge in [-0.15, -0.1) is 0 Å². The Morgan fingerprint density at radius 2 is 2.35 bits per heavy atom. The summed E-state index contributed by atoms with van der Waals surface area (Å²) in [7, 11) is 0. The zero-order chi connectivity index (χ0) is 12.1. The molecule has 2 rings (SSSR count). The first-order valence-electron chi connectivity index (χ1n) is 6.11. The maximum Gasteiger partial charge on any atom is 0.239 e. The fourth-order valence-corrected chi connectivity index (χ4v) is 3.06. The molecule has 96 valence electrons. The number of amides is 2. The second-order valence-electron chi connectivity index (χ2n) is 4.45. The Bertz CT molecular complexity index is 292. The van der Waals surface area contributed by atoms with Crippen molar-refractivity contribution in [2.75, 3.05) is 37.7 Å². The Balaban J connectivity index is 1.82. The third-order valence-corrected chi connectivity index (χ3v) is 4.16. The first-order chi connectivity index (χ1) is 8.25. The molecule has 2 aliphatic heterocycles. The van der Waals surface area contributed by atoms with Crippen LogP contribution in [0.3, 0.4) is 0 Å². The Hall–Kier alpha value is -0.750. The largest absolute Gasteiger partial charge is 0.354 e. The van der Waals surface area contributed by atoms with Crippen molar-refractivity contribution >= 4 is 23.6 Å². The van der Waals surface area contributed by atoms with Crippen molar-refractivity contribution in [2.24, 2.45) is 0 Å². The molecule has 0 bridgehead atoms. The summed E-state index contributed by atoms with van der Waals surface area (Å²) in [4.78, 5) is 25.1. The van der Waals surface area contributed by atoms with E-state index in [0.717, 1.165) is 24.5 Å². The van der Waals surface area contributed by atoms with Crippen LogP contribution in [0.25, 0.3) is 0 Å². The Kier molecular flexibility index (Phi) is 4.67. The number of rotatable bonds is 2. The van der Waals surface area contributed by atoms with Crippen molar-refractivity contribution in [1.82, 2.24) is 15.5 Å². The van der Waals surface area contributed by atoms with Crippen LogP contribution in [0.5, 0.6) is 0 Å². The van der Waals surface area contributed by atoms with E-state index in [2.05, 4.69) is 10.6 Å². The summed E-state index contributed by atoms with van der Waals surface area (Å²) in [5.74, 6) is 2.17. The van der Waals surface area contributed by atoms with Gasteiger partial charge in [-0.1, -0.05) is 0 Å². The van der Waals surface area contributed by atoms with Crippen LogP contribution in [-0.2, 0) is 9.59 Å². The van der Waals surface area contributed by atoms with Crippen molar-refractivity contribution in [3.63, 3.8) is 0 Å². The molecule has 2 saturated heterocycles. The lowest BCUT2D eigenvalue weighted by molar-refractivity contribution is -0.135. The Morgan fingerprint density at radius 1 is 1.47 bits per heavy atom. The fraction of sp³-hybridized carbons (Fsp3) is 0.818. The minimum atomic E-state index is -0.0400. The average molecular weight is 257 g/mol. The van der Waals surface area contributed by atoms with E-state index in [0.29, 0.717) is 19.5 Å². The number of nitrogens with zero attached hydrogens (tertiary/aromatic N) is 1. The average Bonchev–Trinajstić information content (AvgIpc) is 2.55. The minimum absolute atomic E-state index is 0.0400. The van der Waals surface area contributed by atoms with Crippen molar-refractivity contribution in [3.8, 4) is 0 Å². The molecule has 1 unspecified atom stereocenters. The number of hydrogen-bond acceptors (Lipinski definition) is 4. The molecular weight excluding hydrogens is 238 g/mol. The number of nitrogens with one attached hydrogen (secondary N) is 2. The normalized spacial score (nSPS) is 26.2. The zero-order valence-corrected chi connectivity index (χ0v) is 10.7. The predicted molar refractivity (Wildman–Crippen MR) is 67.9 cm³/mol. The van der Waals surface area contributed by atoms with Crippen molar-refractivity contribution in [3.05, 3.63) is 0 Å². The van der Waals surface area contributed by atoms with Crippen LogP contribution >= 0.6 is 11.8 Å². The van der Waals surface area contributed by atoms with Gasteiger partial charge in [-0.05, 0) is 6.42 Å². The lowest BCUT2D eigenvalue weighted by atomic mass is 10.2. The highest BCUT2D eigenvalue weighted by Crippen LogP contribution is 2.12. The highest BCUT2D eigenvalue weighted by molar-refractivity contribution is 7.99. The highest BCUT2D eigenvalue weighted by Gasteiger charge is 2.23. The third-order valence-electron chi connectivity index (χ3n) is 3.03. The van der Waals surface area contributed by atoms with Gasteiger partial charge >= 0.3 is 0 Å². The monoisotopic (exact) mass is 257 g/mol. The first kappa shape index (κ1) is 12.7. The third kappa shape index (κ3) is 3.89. The summed E-state index contributed by atoms with van der Waals surface area (Å²) in [5.41, 5.74) is 0. The van der Waals surface area contributed by atoms with Crippen LogP contribution in [0.4, 0.5) is 0 Å². The van der Waals surface area contributed by atoms with E-state index in [1.165, 1.54) is 0 Å². The van der Waals surface area contributed by atoms with Crippen molar-refractivity contribution in [1.29, 1.82) is 0 Å².